The number of aromatic nitrogens is 7. The fourth-order valence-corrected chi connectivity index (χ4v) is 5.18. The highest BCUT2D eigenvalue weighted by Gasteiger charge is 2.40. The number of pyridine rings is 1. The quantitative estimate of drug-likeness (QED) is 0.397. The Labute approximate surface area is 222 Å². The van der Waals surface area contributed by atoms with Gasteiger partial charge in [0, 0.05) is 37.4 Å². The van der Waals surface area contributed by atoms with Gasteiger partial charge in [0.2, 0.25) is 11.8 Å². The van der Waals surface area contributed by atoms with Gasteiger partial charge in [0.25, 0.3) is 5.91 Å². The van der Waals surface area contributed by atoms with E-state index >= 15 is 0 Å². The Morgan fingerprint density at radius 1 is 1.21 bits per heavy atom. The molecule has 1 amide bonds. The number of aryl methyl sites for hydroxylation is 1. The molecule has 1 fully saturated rings. The van der Waals surface area contributed by atoms with Gasteiger partial charge >= 0.3 is 0 Å². The third-order valence-electron chi connectivity index (χ3n) is 6.40. The summed E-state index contributed by atoms with van der Waals surface area (Å²) in [6, 6.07) is 1.95. The molecule has 0 unspecified atom stereocenters. The van der Waals surface area contributed by atoms with Crippen LogP contribution in [0.4, 0.5) is 17.5 Å². The van der Waals surface area contributed by atoms with Crippen molar-refractivity contribution in [1.82, 2.24) is 40.5 Å². The summed E-state index contributed by atoms with van der Waals surface area (Å²) in [5.41, 5.74) is 7.02. The van der Waals surface area contributed by atoms with Crippen molar-refractivity contribution in [2.75, 3.05) is 17.3 Å². The van der Waals surface area contributed by atoms with Gasteiger partial charge in [-0.3, -0.25) is 4.79 Å². The Morgan fingerprint density at radius 3 is 2.47 bits per heavy atom. The van der Waals surface area contributed by atoms with E-state index in [0.717, 1.165) is 12.8 Å². The molecule has 1 aliphatic heterocycles. The molecule has 3 aromatic rings. The van der Waals surface area contributed by atoms with E-state index in [4.69, 9.17) is 15.5 Å². The molecule has 4 heterocycles. The highest BCUT2D eigenvalue weighted by atomic mass is 16.5. The molecule has 0 bridgehead atoms. The number of hydrogen-bond acceptors (Lipinski definition) is 11. The summed E-state index contributed by atoms with van der Waals surface area (Å²) in [6.07, 6.45) is 4.73. The predicted molar refractivity (Wildman–Crippen MR) is 144 cm³/mol. The second-order valence-corrected chi connectivity index (χ2v) is 11.4. The van der Waals surface area contributed by atoms with Crippen LogP contribution in [0.5, 0.6) is 5.88 Å². The lowest BCUT2D eigenvalue weighted by Gasteiger charge is -2.49. The predicted octanol–water partition coefficient (Wildman–Crippen LogP) is 2.44. The van der Waals surface area contributed by atoms with E-state index in [2.05, 4.69) is 63.8 Å². The molecular weight excluding hydrogens is 486 g/mol. The number of carbonyl (C=O) groups is 1. The molecule has 38 heavy (non-hydrogen) atoms. The Bertz CT molecular complexity index is 1300. The molecule has 3 aromatic heterocycles. The van der Waals surface area contributed by atoms with Crippen molar-refractivity contribution in [2.24, 2.45) is 12.8 Å². The number of piperidine rings is 1. The third-order valence-corrected chi connectivity index (χ3v) is 6.40. The summed E-state index contributed by atoms with van der Waals surface area (Å²) >= 11 is 0. The summed E-state index contributed by atoms with van der Waals surface area (Å²) in [7, 11) is 3.69. The molecule has 0 aliphatic carbocycles. The smallest absolute Gasteiger partial charge is 0.254 e. The highest BCUT2D eigenvalue weighted by Crippen LogP contribution is 2.34. The number of ether oxygens (including phenoxy) is 1. The maximum atomic E-state index is 12.3. The number of amides is 1. The second kappa shape index (κ2) is 10.1. The molecule has 1 aliphatic rings. The number of nitrogens with one attached hydrogen (secondary N) is 2. The van der Waals surface area contributed by atoms with Crippen LogP contribution < -0.4 is 26.0 Å². The van der Waals surface area contributed by atoms with Gasteiger partial charge in [-0.25, -0.2) is 14.6 Å². The van der Waals surface area contributed by atoms with E-state index < -0.39 is 5.91 Å². The van der Waals surface area contributed by atoms with Crippen LogP contribution in [0.15, 0.2) is 18.5 Å². The minimum absolute atomic E-state index is 0.0851. The first-order valence-electron chi connectivity index (χ1n) is 12.6. The lowest BCUT2D eigenvalue weighted by atomic mass is 9.79. The van der Waals surface area contributed by atoms with Gasteiger partial charge in [-0.2, -0.15) is 4.98 Å². The van der Waals surface area contributed by atoms with Crippen LogP contribution in [0, 0.1) is 0 Å². The van der Waals surface area contributed by atoms with Gasteiger partial charge in [0.15, 0.2) is 5.82 Å². The Kier molecular flexibility index (Phi) is 7.24. The third kappa shape index (κ3) is 5.98. The monoisotopic (exact) mass is 523 g/mol. The maximum absolute atomic E-state index is 12.3. The molecule has 4 N–H and O–H groups in total. The molecule has 0 spiro atoms. The number of tetrazole rings is 1. The van der Waals surface area contributed by atoms with Crippen LogP contribution in [-0.4, -0.2) is 71.3 Å². The summed E-state index contributed by atoms with van der Waals surface area (Å²) in [5, 5.41) is 18.6. The lowest BCUT2D eigenvalue weighted by molar-refractivity contribution is 0.1000. The summed E-state index contributed by atoms with van der Waals surface area (Å²) in [4.78, 5) is 27.9. The molecule has 204 valence electrons. The van der Waals surface area contributed by atoms with E-state index in [1.807, 2.05) is 31.9 Å². The number of nitrogens with two attached hydrogens (primary N) is 1. The summed E-state index contributed by atoms with van der Waals surface area (Å²) in [6.45, 7) is 12.6. The first kappa shape index (κ1) is 27.2. The SMILES string of the molecule is CC(C)Oc1ncc(Nc2ncc(C(N)=O)c(N(C)C3CC(C)(C)NC(C)(C)C3)n2)cc1-c1nnnn1C. The van der Waals surface area contributed by atoms with Gasteiger partial charge in [0.05, 0.1) is 23.6 Å². The standard InChI is InChI=1S/C25H37N11O2/c1-14(2)38-22-17(21-31-33-34-36(21)8)9-15(12-27-22)29-23-28-13-18(19(26)37)20(30-23)35(7)16-10-24(3,4)32-25(5,6)11-16/h9,12-14,16,32H,10-11H2,1-8H3,(H2,26,37)(H,28,29,30). The van der Waals surface area contributed by atoms with Gasteiger partial charge in [-0.1, -0.05) is 0 Å². The summed E-state index contributed by atoms with van der Waals surface area (Å²) in [5.74, 6) is 1.09. The van der Waals surface area contributed by atoms with Crippen molar-refractivity contribution in [2.45, 2.75) is 77.6 Å². The molecule has 13 heteroatoms. The van der Waals surface area contributed by atoms with E-state index in [1.54, 1.807) is 17.9 Å². The molecule has 0 aromatic carbocycles. The zero-order valence-corrected chi connectivity index (χ0v) is 23.3. The average molecular weight is 524 g/mol. The van der Waals surface area contributed by atoms with Crippen LogP contribution in [0.25, 0.3) is 11.4 Å². The number of nitrogens with zero attached hydrogens (tertiary/aromatic N) is 8. The number of carbonyl (C=O) groups excluding carboxylic acids is 1. The van der Waals surface area contributed by atoms with Crippen LogP contribution >= 0.6 is 0 Å². The van der Waals surface area contributed by atoms with Crippen molar-refractivity contribution >= 4 is 23.4 Å². The fourth-order valence-electron chi connectivity index (χ4n) is 5.18. The van der Waals surface area contributed by atoms with Crippen molar-refractivity contribution in [1.29, 1.82) is 0 Å². The number of anilines is 3. The Hall–Kier alpha value is -3.87. The van der Waals surface area contributed by atoms with Gasteiger partial charge < -0.3 is 26.0 Å². The average Bonchev–Trinajstić information content (AvgIpc) is 3.22. The minimum atomic E-state index is -0.584. The number of hydrogen-bond donors (Lipinski definition) is 3. The normalized spacial score (nSPS) is 16.9. The van der Waals surface area contributed by atoms with E-state index in [1.165, 1.54) is 6.20 Å². The maximum Gasteiger partial charge on any atom is 0.254 e. The molecule has 0 saturated carbocycles. The molecule has 13 nitrogen and oxygen atoms in total. The lowest BCUT2D eigenvalue weighted by Crippen LogP contribution is -2.62. The summed E-state index contributed by atoms with van der Waals surface area (Å²) < 4.78 is 7.42. The van der Waals surface area contributed by atoms with Crippen LogP contribution in [0.3, 0.4) is 0 Å². The molecule has 4 rings (SSSR count). The van der Waals surface area contributed by atoms with Gasteiger partial charge in [-0.15, -0.1) is 5.10 Å². The van der Waals surface area contributed by atoms with Gasteiger partial charge in [0.1, 0.15) is 11.4 Å². The molecule has 1 saturated heterocycles. The number of primary amides is 1. The van der Waals surface area contributed by atoms with Crippen molar-refractivity contribution < 1.29 is 9.53 Å². The molecular formula is C25H37N11O2. The molecule has 0 radical (unpaired) electrons. The van der Waals surface area contributed by atoms with Crippen LogP contribution in [0.1, 0.15) is 64.7 Å². The van der Waals surface area contributed by atoms with Crippen molar-refractivity contribution in [3.63, 3.8) is 0 Å². The zero-order valence-electron chi connectivity index (χ0n) is 23.3. The Morgan fingerprint density at radius 2 is 1.89 bits per heavy atom. The largest absolute Gasteiger partial charge is 0.474 e. The first-order chi connectivity index (χ1) is 17.7. The fraction of sp³-hybridized carbons (Fsp3) is 0.560. The van der Waals surface area contributed by atoms with Crippen molar-refractivity contribution in [3.05, 3.63) is 24.0 Å². The number of rotatable bonds is 8. The van der Waals surface area contributed by atoms with E-state index in [-0.39, 0.29) is 28.8 Å². The topological polar surface area (TPSA) is 162 Å². The van der Waals surface area contributed by atoms with E-state index in [9.17, 15) is 4.79 Å². The highest BCUT2D eigenvalue weighted by molar-refractivity contribution is 5.97. The van der Waals surface area contributed by atoms with Crippen LogP contribution in [0.2, 0.25) is 0 Å². The van der Waals surface area contributed by atoms with Gasteiger partial charge in [-0.05, 0) is 70.9 Å². The van der Waals surface area contributed by atoms with Crippen molar-refractivity contribution in [3.8, 4) is 17.3 Å². The van der Waals surface area contributed by atoms with E-state index in [0.29, 0.717) is 34.7 Å². The molecule has 0 atom stereocenters. The van der Waals surface area contributed by atoms with Crippen LogP contribution in [-0.2, 0) is 7.05 Å². The minimum Gasteiger partial charge on any atom is -0.474 e. The zero-order chi connectivity index (χ0) is 27.8. The second-order valence-electron chi connectivity index (χ2n) is 11.4. The Balaban J connectivity index is 1.68. The first-order valence-corrected chi connectivity index (χ1v) is 12.6.